The number of piperidine rings is 1. The standard InChI is InChI=1S/C15H17F2N3O3/c16-10-7-9(23-12-1-2-13(21)19-15(12)22)8-11(17)14(10)20-5-3-18-4-6-20/h7-8,12,18H,1-6H2,(H,19,21,22). The summed E-state index contributed by atoms with van der Waals surface area (Å²) in [5.74, 6) is -2.48. The van der Waals surface area contributed by atoms with E-state index in [1.165, 1.54) is 0 Å². The Labute approximate surface area is 131 Å². The molecular formula is C15H17F2N3O3. The second-order valence-corrected chi connectivity index (χ2v) is 5.53. The third kappa shape index (κ3) is 3.42. The maximum absolute atomic E-state index is 14.3. The third-order valence-electron chi connectivity index (χ3n) is 3.89. The van der Waals surface area contributed by atoms with Gasteiger partial charge in [0.1, 0.15) is 11.4 Å². The van der Waals surface area contributed by atoms with Crippen molar-refractivity contribution < 1.29 is 23.1 Å². The summed E-state index contributed by atoms with van der Waals surface area (Å²) in [7, 11) is 0. The molecule has 0 aliphatic carbocycles. The molecule has 8 heteroatoms. The zero-order valence-electron chi connectivity index (χ0n) is 12.4. The molecule has 6 nitrogen and oxygen atoms in total. The minimum atomic E-state index is -0.920. The molecule has 1 unspecified atom stereocenters. The first-order valence-electron chi connectivity index (χ1n) is 7.49. The zero-order valence-corrected chi connectivity index (χ0v) is 12.4. The summed E-state index contributed by atoms with van der Waals surface area (Å²) in [5.41, 5.74) is -0.0814. The molecule has 2 amide bonds. The molecular weight excluding hydrogens is 308 g/mol. The van der Waals surface area contributed by atoms with Gasteiger partial charge >= 0.3 is 0 Å². The van der Waals surface area contributed by atoms with Gasteiger partial charge in [0.2, 0.25) is 5.91 Å². The lowest BCUT2D eigenvalue weighted by Gasteiger charge is -2.30. The lowest BCUT2D eigenvalue weighted by Crippen LogP contribution is -2.46. The first kappa shape index (κ1) is 15.7. The van der Waals surface area contributed by atoms with Gasteiger partial charge in [-0.1, -0.05) is 0 Å². The van der Waals surface area contributed by atoms with Crippen LogP contribution in [0.25, 0.3) is 0 Å². The van der Waals surface area contributed by atoms with E-state index in [9.17, 15) is 18.4 Å². The van der Waals surface area contributed by atoms with Gasteiger partial charge < -0.3 is 15.0 Å². The molecule has 1 atom stereocenters. The third-order valence-corrected chi connectivity index (χ3v) is 3.89. The van der Waals surface area contributed by atoms with Crippen LogP contribution in [0.15, 0.2) is 12.1 Å². The molecule has 2 aliphatic rings. The van der Waals surface area contributed by atoms with Crippen LogP contribution < -0.4 is 20.3 Å². The van der Waals surface area contributed by atoms with Crippen molar-refractivity contribution in [3.8, 4) is 5.75 Å². The molecule has 0 saturated carbocycles. The van der Waals surface area contributed by atoms with Gasteiger partial charge in [-0.25, -0.2) is 8.78 Å². The molecule has 0 bridgehead atoms. The second kappa shape index (κ2) is 6.49. The number of nitrogens with one attached hydrogen (secondary N) is 2. The monoisotopic (exact) mass is 325 g/mol. The van der Waals surface area contributed by atoms with E-state index in [0.717, 1.165) is 12.1 Å². The molecule has 124 valence electrons. The number of halogens is 2. The molecule has 2 N–H and O–H groups in total. The van der Waals surface area contributed by atoms with Gasteiger partial charge in [-0.3, -0.25) is 14.9 Å². The summed E-state index contributed by atoms with van der Waals surface area (Å²) in [6.07, 6.45) is -0.593. The van der Waals surface area contributed by atoms with Gasteiger partial charge in [0.05, 0.1) is 0 Å². The van der Waals surface area contributed by atoms with E-state index >= 15 is 0 Å². The largest absolute Gasteiger partial charge is 0.480 e. The highest BCUT2D eigenvalue weighted by molar-refractivity contribution is 5.99. The first-order chi connectivity index (χ1) is 11.0. The number of nitrogens with zero attached hydrogens (tertiary/aromatic N) is 1. The van der Waals surface area contributed by atoms with Crippen LogP contribution in [0, 0.1) is 11.6 Å². The number of amides is 2. The number of piperazine rings is 1. The van der Waals surface area contributed by atoms with Gasteiger partial charge in [-0.15, -0.1) is 0 Å². The number of rotatable bonds is 3. The fourth-order valence-electron chi connectivity index (χ4n) is 2.75. The van der Waals surface area contributed by atoms with Crippen LogP contribution in [0.5, 0.6) is 5.75 Å². The molecule has 2 aliphatic heterocycles. The van der Waals surface area contributed by atoms with Crippen molar-refractivity contribution in [3.05, 3.63) is 23.8 Å². The number of hydrogen-bond donors (Lipinski definition) is 2. The highest BCUT2D eigenvalue weighted by atomic mass is 19.1. The Balaban J connectivity index is 1.76. The van der Waals surface area contributed by atoms with Gasteiger partial charge in [0.15, 0.2) is 17.7 Å². The SMILES string of the molecule is O=C1CCC(Oc2cc(F)c(N3CCNCC3)c(F)c2)C(=O)N1. The number of ether oxygens (including phenoxy) is 1. The molecule has 23 heavy (non-hydrogen) atoms. The van der Waals surface area contributed by atoms with Crippen molar-refractivity contribution in [1.29, 1.82) is 0 Å². The highest BCUT2D eigenvalue weighted by Gasteiger charge is 2.29. The molecule has 0 aromatic heterocycles. The Morgan fingerprint density at radius 1 is 1.13 bits per heavy atom. The van der Waals surface area contributed by atoms with Crippen LogP contribution in [0.3, 0.4) is 0 Å². The number of carbonyl (C=O) groups excluding carboxylic acids is 2. The average Bonchev–Trinajstić information content (AvgIpc) is 2.50. The maximum atomic E-state index is 14.3. The molecule has 2 saturated heterocycles. The van der Waals surface area contributed by atoms with Crippen LogP contribution in [-0.4, -0.2) is 44.1 Å². The van der Waals surface area contributed by atoms with Gasteiger partial charge in [-0.2, -0.15) is 0 Å². The van der Waals surface area contributed by atoms with Crippen molar-refractivity contribution in [1.82, 2.24) is 10.6 Å². The molecule has 2 heterocycles. The summed E-state index contributed by atoms with van der Waals surface area (Å²) in [6.45, 7) is 2.35. The minimum absolute atomic E-state index is 0.0617. The van der Waals surface area contributed by atoms with Gasteiger partial charge in [0, 0.05) is 51.2 Å². The summed E-state index contributed by atoms with van der Waals surface area (Å²) >= 11 is 0. The number of imide groups is 1. The Kier molecular flexibility index (Phi) is 4.42. The normalized spacial score (nSPS) is 22.0. The summed E-state index contributed by atoms with van der Waals surface area (Å²) in [5, 5.41) is 5.25. The van der Waals surface area contributed by atoms with Crippen LogP contribution in [-0.2, 0) is 9.59 Å². The van der Waals surface area contributed by atoms with E-state index in [4.69, 9.17) is 4.74 Å². The van der Waals surface area contributed by atoms with Crippen LogP contribution in [0.4, 0.5) is 14.5 Å². The molecule has 2 fully saturated rings. The molecule has 0 radical (unpaired) electrons. The number of benzene rings is 1. The van der Waals surface area contributed by atoms with Crippen molar-refractivity contribution in [2.75, 3.05) is 31.1 Å². The fourth-order valence-corrected chi connectivity index (χ4v) is 2.75. The van der Waals surface area contributed by atoms with E-state index < -0.39 is 23.6 Å². The number of carbonyl (C=O) groups is 2. The van der Waals surface area contributed by atoms with Crippen molar-refractivity contribution in [2.45, 2.75) is 18.9 Å². The van der Waals surface area contributed by atoms with Gasteiger partial charge in [0.25, 0.3) is 5.91 Å². The molecule has 1 aromatic carbocycles. The average molecular weight is 325 g/mol. The molecule has 0 spiro atoms. The van der Waals surface area contributed by atoms with E-state index in [-0.39, 0.29) is 30.2 Å². The number of hydrogen-bond acceptors (Lipinski definition) is 5. The van der Waals surface area contributed by atoms with Crippen molar-refractivity contribution in [3.63, 3.8) is 0 Å². The van der Waals surface area contributed by atoms with E-state index in [1.54, 1.807) is 4.90 Å². The maximum Gasteiger partial charge on any atom is 0.267 e. The topological polar surface area (TPSA) is 70.7 Å². The van der Waals surface area contributed by atoms with Crippen LogP contribution in [0.2, 0.25) is 0 Å². The number of anilines is 1. The summed E-state index contributed by atoms with van der Waals surface area (Å²) in [6, 6.07) is 2.15. The van der Waals surface area contributed by atoms with Crippen molar-refractivity contribution >= 4 is 17.5 Å². The summed E-state index contributed by atoms with van der Waals surface area (Å²) < 4.78 is 33.9. The van der Waals surface area contributed by atoms with E-state index in [2.05, 4.69) is 10.6 Å². The first-order valence-corrected chi connectivity index (χ1v) is 7.49. The Bertz CT molecular complexity index is 609. The van der Waals surface area contributed by atoms with E-state index in [1.807, 2.05) is 0 Å². The zero-order chi connectivity index (χ0) is 16.4. The van der Waals surface area contributed by atoms with Gasteiger partial charge in [-0.05, 0) is 0 Å². The Morgan fingerprint density at radius 3 is 2.39 bits per heavy atom. The Morgan fingerprint density at radius 2 is 1.78 bits per heavy atom. The second-order valence-electron chi connectivity index (χ2n) is 5.53. The molecule has 1 aromatic rings. The predicted octanol–water partition coefficient (Wildman–Crippen LogP) is 0.558. The predicted molar refractivity (Wildman–Crippen MR) is 78.2 cm³/mol. The highest BCUT2D eigenvalue weighted by Crippen LogP contribution is 2.29. The van der Waals surface area contributed by atoms with Crippen LogP contribution in [0.1, 0.15) is 12.8 Å². The quantitative estimate of drug-likeness (QED) is 0.795. The smallest absolute Gasteiger partial charge is 0.267 e. The van der Waals surface area contributed by atoms with E-state index in [0.29, 0.717) is 26.2 Å². The molecule has 3 rings (SSSR count). The van der Waals surface area contributed by atoms with Crippen molar-refractivity contribution in [2.24, 2.45) is 0 Å². The lowest BCUT2D eigenvalue weighted by molar-refractivity contribution is -0.138. The summed E-state index contributed by atoms with van der Waals surface area (Å²) in [4.78, 5) is 24.4. The fraction of sp³-hybridized carbons (Fsp3) is 0.467. The Hall–Kier alpha value is -2.22. The minimum Gasteiger partial charge on any atom is -0.480 e. The lowest BCUT2D eigenvalue weighted by atomic mass is 10.1. The van der Waals surface area contributed by atoms with Crippen LogP contribution >= 0.6 is 0 Å².